The Morgan fingerprint density at radius 1 is 0.297 bits per heavy atom. The average molecular weight is 1110 g/mol. The van der Waals surface area contributed by atoms with Crippen LogP contribution in [-0.2, 0) is 16.5 Å². The van der Waals surface area contributed by atoms with Gasteiger partial charge in [0, 0.05) is 0 Å². The first-order chi connectivity index (χ1) is 35.5. The zero-order valence-electron chi connectivity index (χ0n) is 44.3. The highest BCUT2D eigenvalue weighted by molar-refractivity contribution is 7.58. The van der Waals surface area contributed by atoms with Crippen molar-refractivity contribution in [3.05, 3.63) is 267 Å². The van der Waals surface area contributed by atoms with Crippen molar-refractivity contribution < 1.29 is 16.5 Å². The van der Waals surface area contributed by atoms with Gasteiger partial charge in [0.05, 0.1) is 0 Å². The lowest BCUT2D eigenvalue weighted by atomic mass is 10.2. The summed E-state index contributed by atoms with van der Waals surface area (Å²) in [5.74, 6) is 0. The van der Waals surface area contributed by atoms with Gasteiger partial charge in [-0.3, -0.25) is 7.63 Å². The van der Waals surface area contributed by atoms with Crippen molar-refractivity contribution in [1.29, 1.82) is 0 Å². The van der Waals surface area contributed by atoms with Crippen LogP contribution in [0.25, 0.3) is 0 Å². The van der Waals surface area contributed by atoms with Crippen LogP contribution in [-0.4, -0.2) is 66.7 Å². The largest absolute Gasteiger partial charge is 0.506 e. The minimum Gasteiger partial charge on any atom is -0.433 e. The second kappa shape index (κ2) is 21.4. The molecule has 0 radical (unpaired) electrons. The summed E-state index contributed by atoms with van der Waals surface area (Å²) in [6.07, 6.45) is 0. The summed E-state index contributed by atoms with van der Waals surface area (Å²) in [5.41, 5.74) is 9.16. The highest BCUT2D eigenvalue weighted by Crippen LogP contribution is 2.60. The number of hydrogen-bond donors (Lipinski definition) is 0. The van der Waals surface area contributed by atoms with Crippen molar-refractivity contribution in [2.24, 2.45) is 0 Å². The normalized spacial score (nSPS) is 16.9. The summed E-state index contributed by atoms with van der Waals surface area (Å²) < 4.78 is 34.1. The van der Waals surface area contributed by atoms with Crippen molar-refractivity contribution in [1.82, 2.24) is 7.63 Å². The van der Waals surface area contributed by atoms with Gasteiger partial charge in [-0.15, -0.1) is 13.2 Å². The average Bonchev–Trinajstić information content (AvgIpc) is 3.44. The van der Waals surface area contributed by atoms with Gasteiger partial charge in [-0.05, 0) is 122 Å². The Kier molecular flexibility index (Phi) is 15.5. The lowest BCUT2D eigenvalue weighted by Gasteiger charge is -2.72. The van der Waals surface area contributed by atoms with Gasteiger partial charge in [-0.1, -0.05) is 206 Å². The summed E-state index contributed by atoms with van der Waals surface area (Å²) in [7, 11) is -24.9. The summed E-state index contributed by atoms with van der Waals surface area (Å²) in [4.78, 5) is 0. The van der Waals surface area contributed by atoms with Crippen molar-refractivity contribution in [3.63, 3.8) is 0 Å². The van der Waals surface area contributed by atoms with Crippen LogP contribution < -0.4 is 28.4 Å². The predicted molar refractivity (Wildman–Crippen MR) is 333 cm³/mol. The molecule has 1 heterocycles. The molecule has 0 amide bonds. The Labute approximate surface area is 450 Å². The third-order valence-corrected chi connectivity index (χ3v) is 65.3. The minimum absolute atomic E-state index is 0.636. The first-order valence-corrected chi connectivity index (χ1v) is 46.9. The van der Waals surface area contributed by atoms with Crippen LogP contribution in [0.1, 0.15) is 0 Å². The zero-order chi connectivity index (χ0) is 52.3. The van der Waals surface area contributed by atoms with E-state index >= 15 is 0 Å². The molecule has 6 nitrogen and oxygen atoms in total. The van der Waals surface area contributed by atoms with Crippen LogP contribution in [0.2, 0.25) is 52.4 Å². The Balaban J connectivity index is 1.62. The molecule has 376 valence electrons. The number of hydrogen-bond acceptors (Lipinski definition) is 4. The molecular weight excluding hydrogens is 1040 g/mol. The summed E-state index contributed by atoms with van der Waals surface area (Å²) in [6, 6.07) is 91.8. The van der Waals surface area contributed by atoms with Crippen LogP contribution in [0.4, 0.5) is 22.7 Å². The van der Waals surface area contributed by atoms with Crippen LogP contribution in [0, 0.1) is 0 Å². The molecule has 0 unspecified atom stereocenters. The molecule has 0 saturated carbocycles. The van der Waals surface area contributed by atoms with Crippen molar-refractivity contribution in [2.45, 2.75) is 52.4 Å². The summed E-state index contributed by atoms with van der Waals surface area (Å²) >= 11 is 0. The maximum Gasteiger partial charge on any atom is 0.506 e. The molecule has 1 saturated heterocycles. The monoisotopic (exact) mass is 1110 g/mol. The number of para-hydroxylation sites is 4. The fourth-order valence-corrected chi connectivity index (χ4v) is 87.1. The Hall–Kier alpha value is -5.26. The molecule has 74 heavy (non-hydrogen) atoms. The molecule has 0 aromatic heterocycles. The molecule has 8 aromatic carbocycles. The minimum atomic E-state index is -3.76. The smallest absolute Gasteiger partial charge is 0.433 e. The van der Waals surface area contributed by atoms with E-state index in [1.54, 1.807) is 0 Å². The molecule has 1 aliphatic rings. The Bertz CT molecular complexity index is 2740. The van der Waals surface area contributed by atoms with Gasteiger partial charge < -0.3 is 16.5 Å². The first kappa shape index (κ1) is 53.6. The number of rotatable bonds is 20. The van der Waals surface area contributed by atoms with Gasteiger partial charge in [0.2, 0.25) is 0 Å². The fourth-order valence-electron chi connectivity index (χ4n) is 12.2. The maximum atomic E-state index is 8.84. The topological polar surface area (TPSA) is 36.9 Å². The second-order valence-electron chi connectivity index (χ2n) is 21.4. The highest BCUT2D eigenvalue weighted by atomic mass is 29.3. The first-order valence-electron chi connectivity index (χ1n) is 25.8. The molecular formula is C60H72N2O4Si8+2. The van der Waals surface area contributed by atoms with E-state index in [1.807, 2.05) is 0 Å². The van der Waals surface area contributed by atoms with Gasteiger partial charge in [-0.25, -0.2) is 0 Å². The Morgan fingerprint density at radius 2 is 0.486 bits per heavy atom. The van der Waals surface area contributed by atoms with E-state index in [0.717, 1.165) is 0 Å². The third kappa shape index (κ3) is 9.66. The molecule has 8 aromatic rings. The van der Waals surface area contributed by atoms with E-state index in [9.17, 15) is 0 Å². The van der Waals surface area contributed by atoms with Crippen molar-refractivity contribution in [2.75, 3.05) is 0 Å². The molecule has 1 fully saturated rings. The lowest BCUT2D eigenvalue weighted by Crippen LogP contribution is -3.11. The summed E-state index contributed by atoms with van der Waals surface area (Å²) in [5, 5.41) is 4.97. The molecule has 1 aliphatic heterocycles. The van der Waals surface area contributed by atoms with Crippen LogP contribution in [0.3, 0.4) is 0 Å². The zero-order valence-corrected chi connectivity index (χ0v) is 52.7. The maximum absolute atomic E-state index is 8.84. The Morgan fingerprint density at radius 3 is 0.676 bits per heavy atom. The van der Waals surface area contributed by atoms with Gasteiger partial charge >= 0.3 is 50.1 Å². The van der Waals surface area contributed by atoms with E-state index in [4.69, 9.17) is 16.5 Å². The van der Waals surface area contributed by atoms with Gasteiger partial charge in [0.25, 0.3) is 0 Å². The fraction of sp³-hybridized carbons (Fsp3) is 0.133. The van der Waals surface area contributed by atoms with Crippen molar-refractivity contribution in [3.8, 4) is 0 Å². The van der Waals surface area contributed by atoms with Crippen LogP contribution in [0.15, 0.2) is 267 Å². The SMILES string of the molecule is C=C[Si](C)(C)O[Si](C)(C)O[Si](c1ccccc1)(c1ccccc1)[SiH]1[N+](c2ccccc2)(c2ccccc2)[SiH]([Si](O[Si](C)(C)O[Si](C)(C)C=C)(c2ccccc2)c2ccccc2)[N+]1(c1ccccc1)c1ccccc1. The molecule has 14 heteroatoms. The van der Waals surface area contributed by atoms with E-state index in [1.165, 1.54) is 43.5 Å². The van der Waals surface area contributed by atoms with Crippen LogP contribution in [0.5, 0.6) is 0 Å². The molecule has 0 spiro atoms. The lowest BCUT2D eigenvalue weighted by molar-refractivity contribution is 0.401. The van der Waals surface area contributed by atoms with E-state index in [2.05, 4.69) is 320 Å². The van der Waals surface area contributed by atoms with E-state index in [-0.39, 0.29) is 0 Å². The highest BCUT2D eigenvalue weighted by Gasteiger charge is 2.95. The predicted octanol–water partition coefficient (Wildman–Crippen LogP) is 12.1. The van der Waals surface area contributed by atoms with Gasteiger partial charge in [-0.2, -0.15) is 0 Å². The standard InChI is InChI=1S/C60H72N2O4Si8/c1-11-69(3,4)63-71(7,8)65-73(57-45-29-17-30-46-57,58-47-31-18-32-48-58)67-61(53-37-21-13-22-38-53,54-39-23-14-24-40-54)68(62(67,55-41-25-15-26-42-55)56-43-27-16-28-44-56)74(59-49-33-19-34-50-59,60-51-35-20-36-52-60)66-72(9,10)64-70(5,6)12-2/h11-52,67-68H,1-2H2,3-10H3/q+2. The van der Waals surface area contributed by atoms with Crippen molar-refractivity contribution >= 4 is 110 Å². The quantitative estimate of drug-likeness (QED) is 0.0713. The summed E-state index contributed by atoms with van der Waals surface area (Å²) in [6.45, 7) is 26.9. The van der Waals surface area contributed by atoms with Crippen LogP contribution >= 0.6 is 0 Å². The molecule has 0 N–H and O–H groups in total. The molecule has 0 atom stereocenters. The van der Waals surface area contributed by atoms with Gasteiger partial charge in [0.1, 0.15) is 22.7 Å². The number of nitrogens with zero attached hydrogens (tertiary/aromatic N) is 2. The van der Waals surface area contributed by atoms with Gasteiger partial charge in [0.15, 0.2) is 16.6 Å². The van der Waals surface area contributed by atoms with E-state index in [0.29, 0.717) is 7.63 Å². The molecule has 9 rings (SSSR count). The number of quaternary nitrogens is 2. The molecule has 0 aliphatic carbocycles. The third-order valence-electron chi connectivity index (χ3n) is 14.6. The molecule has 0 bridgehead atoms. The second-order valence-corrected chi connectivity index (χ2v) is 56.7. The van der Waals surface area contributed by atoms with E-state index < -0.39 is 66.7 Å². The number of benzene rings is 8.